The first-order valence-corrected chi connectivity index (χ1v) is 6.54. The first-order chi connectivity index (χ1) is 9.49. The standard InChI is InChI=1S/C14H21NO5/c1-3-19-11-6-5-9(7-12(11)20-4-2)14(18)10(15)8-13(16)17/h5-7,10,14,18H,3-4,8,15H2,1-2H3,(H,16,17). The van der Waals surface area contributed by atoms with Crippen LogP contribution in [-0.4, -0.2) is 35.4 Å². The van der Waals surface area contributed by atoms with E-state index in [9.17, 15) is 9.90 Å². The number of rotatable bonds is 8. The molecule has 0 saturated heterocycles. The van der Waals surface area contributed by atoms with Crippen molar-refractivity contribution in [2.24, 2.45) is 5.73 Å². The fraction of sp³-hybridized carbons (Fsp3) is 0.500. The second kappa shape index (κ2) is 7.72. The summed E-state index contributed by atoms with van der Waals surface area (Å²) in [5.41, 5.74) is 6.17. The molecule has 0 spiro atoms. The molecule has 4 N–H and O–H groups in total. The molecule has 2 unspecified atom stereocenters. The summed E-state index contributed by atoms with van der Waals surface area (Å²) in [6, 6.07) is 4.08. The van der Waals surface area contributed by atoms with Crippen LogP contribution < -0.4 is 15.2 Å². The molecule has 0 aromatic heterocycles. The molecule has 0 heterocycles. The van der Waals surface area contributed by atoms with E-state index in [1.807, 2.05) is 13.8 Å². The van der Waals surface area contributed by atoms with Gasteiger partial charge < -0.3 is 25.4 Å². The summed E-state index contributed by atoms with van der Waals surface area (Å²) in [6.07, 6.45) is -1.38. The smallest absolute Gasteiger partial charge is 0.305 e. The predicted octanol–water partition coefficient (Wildman–Crippen LogP) is 1.32. The maximum Gasteiger partial charge on any atom is 0.305 e. The zero-order valence-corrected chi connectivity index (χ0v) is 11.7. The molecule has 1 aromatic carbocycles. The monoisotopic (exact) mass is 283 g/mol. The highest BCUT2D eigenvalue weighted by Crippen LogP contribution is 2.31. The van der Waals surface area contributed by atoms with E-state index < -0.39 is 18.1 Å². The van der Waals surface area contributed by atoms with E-state index >= 15 is 0 Å². The summed E-state index contributed by atoms with van der Waals surface area (Å²) < 4.78 is 10.9. The Hall–Kier alpha value is -1.79. The van der Waals surface area contributed by atoms with Crippen molar-refractivity contribution in [2.75, 3.05) is 13.2 Å². The van der Waals surface area contributed by atoms with Crippen LogP contribution in [0.3, 0.4) is 0 Å². The molecule has 2 atom stereocenters. The number of carboxylic acids is 1. The van der Waals surface area contributed by atoms with Crippen LogP contribution in [0.4, 0.5) is 0 Å². The Morgan fingerprint density at radius 3 is 2.40 bits per heavy atom. The highest BCUT2D eigenvalue weighted by atomic mass is 16.5. The number of hydrogen-bond acceptors (Lipinski definition) is 5. The lowest BCUT2D eigenvalue weighted by Crippen LogP contribution is -2.30. The minimum absolute atomic E-state index is 0.307. The highest BCUT2D eigenvalue weighted by molar-refractivity contribution is 5.67. The number of aliphatic carboxylic acids is 1. The molecular formula is C14H21NO5. The topological polar surface area (TPSA) is 102 Å². The maximum absolute atomic E-state index is 10.6. The average Bonchev–Trinajstić information content (AvgIpc) is 2.39. The van der Waals surface area contributed by atoms with Crippen LogP contribution >= 0.6 is 0 Å². The van der Waals surface area contributed by atoms with Crippen molar-refractivity contribution in [2.45, 2.75) is 32.4 Å². The summed E-state index contributed by atoms with van der Waals surface area (Å²) in [6.45, 7) is 4.66. The number of ether oxygens (including phenoxy) is 2. The van der Waals surface area contributed by atoms with Crippen molar-refractivity contribution in [3.63, 3.8) is 0 Å². The summed E-state index contributed by atoms with van der Waals surface area (Å²) >= 11 is 0. The summed E-state index contributed by atoms with van der Waals surface area (Å²) in [7, 11) is 0. The van der Waals surface area contributed by atoms with E-state index in [2.05, 4.69) is 0 Å². The van der Waals surface area contributed by atoms with Crippen LogP contribution in [-0.2, 0) is 4.79 Å². The minimum atomic E-state index is -1.07. The minimum Gasteiger partial charge on any atom is -0.490 e. The molecule has 0 radical (unpaired) electrons. The number of benzene rings is 1. The van der Waals surface area contributed by atoms with Gasteiger partial charge in [-0.1, -0.05) is 6.07 Å². The summed E-state index contributed by atoms with van der Waals surface area (Å²) in [4.78, 5) is 10.6. The average molecular weight is 283 g/mol. The quantitative estimate of drug-likeness (QED) is 0.665. The van der Waals surface area contributed by atoms with Gasteiger partial charge in [0.2, 0.25) is 0 Å². The molecule has 112 valence electrons. The molecule has 0 bridgehead atoms. The number of hydrogen-bond donors (Lipinski definition) is 3. The molecule has 0 saturated carbocycles. The van der Waals surface area contributed by atoms with Gasteiger partial charge in [-0.15, -0.1) is 0 Å². The molecule has 0 aliphatic heterocycles. The number of carbonyl (C=O) groups is 1. The predicted molar refractivity (Wildman–Crippen MR) is 74.0 cm³/mol. The van der Waals surface area contributed by atoms with E-state index in [0.717, 1.165) is 0 Å². The van der Waals surface area contributed by atoms with Gasteiger partial charge >= 0.3 is 5.97 Å². The van der Waals surface area contributed by atoms with Crippen LogP contribution in [0.2, 0.25) is 0 Å². The Labute approximate surface area is 118 Å². The molecule has 6 nitrogen and oxygen atoms in total. The molecule has 20 heavy (non-hydrogen) atoms. The lowest BCUT2D eigenvalue weighted by molar-refractivity contribution is -0.138. The second-order valence-corrected chi connectivity index (χ2v) is 4.28. The van der Waals surface area contributed by atoms with Gasteiger partial charge in [0.05, 0.1) is 25.7 Å². The van der Waals surface area contributed by atoms with E-state index in [-0.39, 0.29) is 6.42 Å². The van der Waals surface area contributed by atoms with Gasteiger partial charge in [0.25, 0.3) is 0 Å². The lowest BCUT2D eigenvalue weighted by atomic mass is 10.00. The Morgan fingerprint density at radius 2 is 1.85 bits per heavy atom. The van der Waals surface area contributed by atoms with Gasteiger partial charge in [0.1, 0.15) is 0 Å². The highest BCUT2D eigenvalue weighted by Gasteiger charge is 2.21. The van der Waals surface area contributed by atoms with Crippen molar-refractivity contribution >= 4 is 5.97 Å². The molecule has 1 rings (SSSR count). The zero-order valence-electron chi connectivity index (χ0n) is 11.7. The van der Waals surface area contributed by atoms with E-state index in [0.29, 0.717) is 30.3 Å². The van der Waals surface area contributed by atoms with Crippen LogP contribution in [0.25, 0.3) is 0 Å². The maximum atomic E-state index is 10.6. The van der Waals surface area contributed by atoms with Gasteiger partial charge in [-0.2, -0.15) is 0 Å². The van der Waals surface area contributed by atoms with Crippen LogP contribution in [0.1, 0.15) is 31.9 Å². The van der Waals surface area contributed by atoms with Crippen molar-refractivity contribution < 1.29 is 24.5 Å². The molecule has 1 aromatic rings. The molecule has 0 amide bonds. The number of nitrogens with two attached hydrogens (primary N) is 1. The Balaban J connectivity index is 2.94. The zero-order chi connectivity index (χ0) is 15.1. The van der Waals surface area contributed by atoms with Gasteiger partial charge in [-0.05, 0) is 31.5 Å². The third kappa shape index (κ3) is 4.40. The van der Waals surface area contributed by atoms with Crippen molar-refractivity contribution in [3.05, 3.63) is 23.8 Å². The van der Waals surface area contributed by atoms with Crippen LogP contribution in [0.5, 0.6) is 11.5 Å². The SMILES string of the molecule is CCOc1ccc(C(O)C(N)CC(=O)O)cc1OCC. The number of aliphatic hydroxyl groups excluding tert-OH is 1. The molecule has 0 aliphatic rings. The van der Waals surface area contributed by atoms with Crippen molar-refractivity contribution in [1.29, 1.82) is 0 Å². The van der Waals surface area contributed by atoms with Gasteiger partial charge in [0, 0.05) is 6.04 Å². The summed E-state index contributed by atoms with van der Waals surface area (Å²) in [5.74, 6) is 0.0399. The van der Waals surface area contributed by atoms with Gasteiger partial charge in [-0.3, -0.25) is 4.79 Å². The normalized spacial score (nSPS) is 13.6. The van der Waals surface area contributed by atoms with E-state index in [4.69, 9.17) is 20.3 Å². The molecule has 0 aliphatic carbocycles. The Morgan fingerprint density at radius 1 is 1.25 bits per heavy atom. The number of aliphatic hydroxyl groups is 1. The molecule has 6 heteroatoms. The van der Waals surface area contributed by atoms with Gasteiger partial charge in [-0.25, -0.2) is 0 Å². The lowest BCUT2D eigenvalue weighted by Gasteiger charge is -2.19. The summed E-state index contributed by atoms with van der Waals surface area (Å²) in [5, 5.41) is 18.8. The van der Waals surface area contributed by atoms with Gasteiger partial charge in [0.15, 0.2) is 11.5 Å². The molecule has 0 fully saturated rings. The first-order valence-electron chi connectivity index (χ1n) is 6.54. The van der Waals surface area contributed by atoms with Crippen molar-refractivity contribution in [3.8, 4) is 11.5 Å². The number of carboxylic acid groups (broad SMARTS) is 1. The van der Waals surface area contributed by atoms with Crippen LogP contribution in [0.15, 0.2) is 18.2 Å². The first kappa shape index (κ1) is 16.3. The fourth-order valence-electron chi connectivity index (χ4n) is 1.81. The van der Waals surface area contributed by atoms with E-state index in [1.165, 1.54) is 0 Å². The van der Waals surface area contributed by atoms with E-state index in [1.54, 1.807) is 18.2 Å². The molecular weight excluding hydrogens is 262 g/mol. The fourth-order valence-corrected chi connectivity index (χ4v) is 1.81. The van der Waals surface area contributed by atoms with Crippen LogP contribution in [0, 0.1) is 0 Å². The Kier molecular flexibility index (Phi) is 6.27. The van der Waals surface area contributed by atoms with Crippen molar-refractivity contribution in [1.82, 2.24) is 0 Å². The third-order valence-electron chi connectivity index (χ3n) is 2.72. The third-order valence-corrected chi connectivity index (χ3v) is 2.72. The second-order valence-electron chi connectivity index (χ2n) is 4.28. The largest absolute Gasteiger partial charge is 0.490 e. The Bertz CT molecular complexity index is 449.